The lowest BCUT2D eigenvalue weighted by Crippen LogP contribution is -2.61. The molecule has 1 amide bonds. The van der Waals surface area contributed by atoms with Gasteiger partial charge in [-0.1, -0.05) is 56.3 Å². The number of fused-ring (bicyclic) bond motifs is 1. The normalized spacial score (nSPS) is 17.4. The zero-order chi connectivity index (χ0) is 26.8. The second-order valence-electron chi connectivity index (χ2n) is 11.2. The van der Waals surface area contributed by atoms with Gasteiger partial charge in [-0.25, -0.2) is 0 Å². The summed E-state index contributed by atoms with van der Waals surface area (Å²) in [5.41, 5.74) is 5.82. The largest absolute Gasteiger partial charge is 0.379 e. The van der Waals surface area contributed by atoms with Gasteiger partial charge in [0.05, 0.1) is 30.5 Å². The summed E-state index contributed by atoms with van der Waals surface area (Å²) in [6.45, 7) is 10.2. The minimum atomic E-state index is -0.0680. The third-order valence-electron chi connectivity index (χ3n) is 7.97. The van der Waals surface area contributed by atoms with Gasteiger partial charge in [-0.2, -0.15) is 5.10 Å². The van der Waals surface area contributed by atoms with Crippen LogP contribution in [0.4, 0.5) is 5.69 Å². The molecule has 0 saturated carbocycles. The van der Waals surface area contributed by atoms with Crippen LogP contribution in [0, 0.1) is 5.92 Å². The van der Waals surface area contributed by atoms with E-state index in [1.807, 2.05) is 36.4 Å². The number of amides is 1. The topological polar surface area (TPSA) is 73.5 Å². The predicted molar refractivity (Wildman–Crippen MR) is 156 cm³/mol. The molecule has 2 N–H and O–H groups in total. The molecule has 3 heterocycles. The van der Waals surface area contributed by atoms with Crippen molar-refractivity contribution in [3.63, 3.8) is 0 Å². The highest BCUT2D eigenvalue weighted by Gasteiger charge is 2.32. The van der Waals surface area contributed by atoms with E-state index in [-0.39, 0.29) is 11.9 Å². The van der Waals surface area contributed by atoms with E-state index in [0.29, 0.717) is 17.5 Å². The molecule has 0 aliphatic carbocycles. The van der Waals surface area contributed by atoms with Crippen LogP contribution in [-0.4, -0.2) is 66.4 Å². The third kappa shape index (κ3) is 5.56. The number of benzene rings is 3. The Hall–Kier alpha value is -3.68. The van der Waals surface area contributed by atoms with Gasteiger partial charge in [-0.15, -0.1) is 0 Å². The number of carbonyl (C=O) groups excluding carboxylic acids is 1. The Morgan fingerprint density at radius 2 is 1.77 bits per heavy atom. The Kier molecular flexibility index (Phi) is 7.35. The molecule has 0 spiro atoms. The number of morpholine rings is 1. The standard InChI is InChI=1S/C32H37N5O2/c1-22(2)18-30(23-6-4-3-5-7-23)33-32(38)25-10-13-29-28(19-25)31(35-34-29)24-8-11-26(12-9-24)37-20-27(21-37)36-14-16-39-17-15-36/h3-13,19,22,27,30H,14-18,20-21H2,1-2H3,(H,33,38)(H,34,35). The molecular weight excluding hydrogens is 486 g/mol. The van der Waals surface area contributed by atoms with Crippen LogP contribution in [-0.2, 0) is 4.74 Å². The van der Waals surface area contributed by atoms with Crippen molar-refractivity contribution < 1.29 is 9.53 Å². The number of hydrogen-bond acceptors (Lipinski definition) is 5. The molecule has 0 bridgehead atoms. The summed E-state index contributed by atoms with van der Waals surface area (Å²) >= 11 is 0. The number of rotatable bonds is 8. The molecule has 2 fully saturated rings. The number of aromatic nitrogens is 2. The average molecular weight is 524 g/mol. The molecule has 2 saturated heterocycles. The number of H-pyrrole nitrogens is 1. The SMILES string of the molecule is CC(C)CC(NC(=O)c1ccc2[nH]nc(-c3ccc(N4CC(N5CCOCC5)C4)cc3)c2c1)c1ccccc1. The predicted octanol–water partition coefficient (Wildman–Crippen LogP) is 5.27. The van der Waals surface area contributed by atoms with Gasteiger partial charge in [0.15, 0.2) is 0 Å². The molecular formula is C32H37N5O2. The molecule has 4 aromatic rings. The van der Waals surface area contributed by atoms with Crippen molar-refractivity contribution in [2.24, 2.45) is 5.92 Å². The van der Waals surface area contributed by atoms with Gasteiger partial charge in [0.25, 0.3) is 5.91 Å². The molecule has 202 valence electrons. The van der Waals surface area contributed by atoms with Crippen molar-refractivity contribution in [2.75, 3.05) is 44.3 Å². The zero-order valence-electron chi connectivity index (χ0n) is 22.8. The summed E-state index contributed by atoms with van der Waals surface area (Å²) in [6, 6.07) is 25.2. The minimum Gasteiger partial charge on any atom is -0.379 e. The van der Waals surface area contributed by atoms with Crippen LogP contribution in [0.3, 0.4) is 0 Å². The Bertz CT molecular complexity index is 1400. The van der Waals surface area contributed by atoms with Crippen LogP contribution < -0.4 is 10.2 Å². The fourth-order valence-corrected chi connectivity index (χ4v) is 5.72. The van der Waals surface area contributed by atoms with Crippen molar-refractivity contribution in [3.05, 3.63) is 83.9 Å². The first-order valence-corrected chi connectivity index (χ1v) is 14.1. The van der Waals surface area contributed by atoms with E-state index in [0.717, 1.165) is 73.5 Å². The summed E-state index contributed by atoms with van der Waals surface area (Å²) in [6.07, 6.45) is 0.880. The van der Waals surface area contributed by atoms with Crippen LogP contribution in [0.15, 0.2) is 72.8 Å². The number of ether oxygens (including phenoxy) is 1. The molecule has 0 radical (unpaired) electrons. The lowest BCUT2D eigenvalue weighted by Gasteiger charge is -2.47. The number of hydrogen-bond donors (Lipinski definition) is 2. The fourth-order valence-electron chi connectivity index (χ4n) is 5.72. The highest BCUT2D eigenvalue weighted by molar-refractivity contribution is 6.01. The van der Waals surface area contributed by atoms with E-state index < -0.39 is 0 Å². The van der Waals surface area contributed by atoms with E-state index in [1.165, 1.54) is 5.69 Å². The van der Waals surface area contributed by atoms with Gasteiger partial charge in [-0.05, 0) is 48.2 Å². The molecule has 6 rings (SSSR count). The first kappa shape index (κ1) is 25.6. The van der Waals surface area contributed by atoms with Crippen LogP contribution in [0.1, 0.15) is 42.2 Å². The van der Waals surface area contributed by atoms with E-state index in [4.69, 9.17) is 4.74 Å². The maximum atomic E-state index is 13.4. The molecule has 7 heteroatoms. The van der Waals surface area contributed by atoms with Gasteiger partial charge in [0.1, 0.15) is 0 Å². The van der Waals surface area contributed by atoms with Gasteiger partial charge in [-0.3, -0.25) is 14.8 Å². The van der Waals surface area contributed by atoms with E-state index in [9.17, 15) is 4.79 Å². The number of nitrogens with zero attached hydrogens (tertiary/aromatic N) is 3. The molecule has 7 nitrogen and oxygen atoms in total. The highest BCUT2D eigenvalue weighted by Crippen LogP contribution is 2.31. The number of carbonyl (C=O) groups is 1. The smallest absolute Gasteiger partial charge is 0.251 e. The van der Waals surface area contributed by atoms with Crippen LogP contribution in [0.2, 0.25) is 0 Å². The van der Waals surface area contributed by atoms with Crippen molar-refractivity contribution in [1.82, 2.24) is 20.4 Å². The summed E-state index contributed by atoms with van der Waals surface area (Å²) in [4.78, 5) is 18.3. The van der Waals surface area contributed by atoms with Gasteiger partial charge in [0.2, 0.25) is 0 Å². The Morgan fingerprint density at radius 3 is 2.49 bits per heavy atom. The summed E-state index contributed by atoms with van der Waals surface area (Å²) < 4.78 is 5.49. The van der Waals surface area contributed by atoms with Crippen LogP contribution in [0.5, 0.6) is 0 Å². The lowest BCUT2D eigenvalue weighted by atomic mass is 9.96. The Labute approximate surface area is 230 Å². The molecule has 2 aliphatic heterocycles. The zero-order valence-corrected chi connectivity index (χ0v) is 22.8. The maximum absolute atomic E-state index is 13.4. The summed E-state index contributed by atoms with van der Waals surface area (Å²) in [5.74, 6) is 0.393. The molecule has 2 aliphatic rings. The van der Waals surface area contributed by atoms with Crippen molar-refractivity contribution in [3.8, 4) is 11.3 Å². The molecule has 3 aromatic carbocycles. The lowest BCUT2D eigenvalue weighted by molar-refractivity contribution is 0.0105. The average Bonchev–Trinajstić information content (AvgIpc) is 3.36. The molecule has 1 unspecified atom stereocenters. The summed E-state index contributed by atoms with van der Waals surface area (Å²) in [5, 5.41) is 12.0. The monoisotopic (exact) mass is 523 g/mol. The molecule has 1 aromatic heterocycles. The van der Waals surface area contributed by atoms with E-state index >= 15 is 0 Å². The maximum Gasteiger partial charge on any atom is 0.251 e. The van der Waals surface area contributed by atoms with Gasteiger partial charge < -0.3 is 15.0 Å². The second kappa shape index (κ2) is 11.2. The number of nitrogens with one attached hydrogen (secondary N) is 2. The van der Waals surface area contributed by atoms with Gasteiger partial charge in [0, 0.05) is 54.4 Å². The quantitative estimate of drug-likeness (QED) is 0.329. The second-order valence-corrected chi connectivity index (χ2v) is 11.2. The minimum absolute atomic E-state index is 0.0323. The van der Waals surface area contributed by atoms with Crippen molar-refractivity contribution >= 4 is 22.5 Å². The number of aromatic amines is 1. The third-order valence-corrected chi connectivity index (χ3v) is 7.97. The first-order chi connectivity index (χ1) is 19.0. The van der Waals surface area contributed by atoms with Crippen molar-refractivity contribution in [1.29, 1.82) is 0 Å². The van der Waals surface area contributed by atoms with Crippen LogP contribution in [0.25, 0.3) is 22.2 Å². The summed E-state index contributed by atoms with van der Waals surface area (Å²) in [7, 11) is 0. The van der Waals surface area contributed by atoms with Crippen LogP contribution >= 0.6 is 0 Å². The Morgan fingerprint density at radius 1 is 1.03 bits per heavy atom. The van der Waals surface area contributed by atoms with E-state index in [1.54, 1.807) is 0 Å². The number of anilines is 1. The highest BCUT2D eigenvalue weighted by atomic mass is 16.5. The molecule has 1 atom stereocenters. The Balaban J connectivity index is 1.17. The van der Waals surface area contributed by atoms with E-state index in [2.05, 4.69) is 75.6 Å². The molecule has 39 heavy (non-hydrogen) atoms. The van der Waals surface area contributed by atoms with Gasteiger partial charge >= 0.3 is 0 Å². The van der Waals surface area contributed by atoms with Crippen molar-refractivity contribution in [2.45, 2.75) is 32.4 Å². The fraction of sp³-hybridized carbons (Fsp3) is 0.375. The first-order valence-electron chi connectivity index (χ1n) is 14.1.